The number of nitrogens with zero attached hydrogens (tertiary/aromatic N) is 4. The molecule has 2 aromatic heterocycles. The summed E-state index contributed by atoms with van der Waals surface area (Å²) in [4.78, 5) is 4.19. The number of ether oxygens (including phenoxy) is 1. The minimum atomic E-state index is -2.30. The summed E-state index contributed by atoms with van der Waals surface area (Å²) in [6, 6.07) is 15.3. The molecule has 0 aromatic carbocycles. The zero-order chi connectivity index (χ0) is 32.1. The highest BCUT2D eigenvalue weighted by Gasteiger charge is 2.70. The van der Waals surface area contributed by atoms with Gasteiger partial charge in [-0.15, -0.1) is 0 Å². The molecule has 2 aromatic rings. The van der Waals surface area contributed by atoms with Gasteiger partial charge in [0.25, 0.3) is 0 Å². The normalized spacial score (nSPS) is 25.0. The molecule has 0 spiro atoms. The third kappa shape index (κ3) is 6.15. The van der Waals surface area contributed by atoms with Gasteiger partial charge >= 0.3 is 0 Å². The molecule has 242 valence electrons. The van der Waals surface area contributed by atoms with Crippen LogP contribution in [0.25, 0.3) is 5.52 Å². The van der Waals surface area contributed by atoms with E-state index in [1.54, 1.807) is 4.52 Å². The van der Waals surface area contributed by atoms with Gasteiger partial charge in [0.1, 0.15) is 35.7 Å². The number of fused-ring (bicyclic) bond motifs is 1. The van der Waals surface area contributed by atoms with Crippen LogP contribution in [-0.4, -0.2) is 64.0 Å². The van der Waals surface area contributed by atoms with Crippen molar-refractivity contribution in [2.75, 3.05) is 12.3 Å². The molecule has 0 bridgehead atoms. The third-order valence-corrected chi connectivity index (χ3v) is 25.1. The maximum atomic E-state index is 11.3. The molecule has 12 heteroatoms. The van der Waals surface area contributed by atoms with Crippen molar-refractivity contribution in [3.05, 3.63) is 24.2 Å². The number of anilines is 1. The van der Waals surface area contributed by atoms with Crippen LogP contribution in [0, 0.1) is 11.3 Å². The van der Waals surface area contributed by atoms with Gasteiger partial charge in [0.05, 0.1) is 12.3 Å². The Balaban J connectivity index is 2.35. The van der Waals surface area contributed by atoms with Gasteiger partial charge in [0.2, 0.25) is 5.60 Å². The first-order valence-electron chi connectivity index (χ1n) is 16.7. The fraction of sp³-hybridized carbons (Fsp3) is 0.774. The molecule has 1 unspecified atom stereocenters. The molecule has 43 heavy (non-hydrogen) atoms. The zero-order valence-corrected chi connectivity index (χ0v) is 31.5. The lowest BCUT2D eigenvalue weighted by Gasteiger charge is -2.48. The first-order valence-corrected chi connectivity index (χ1v) is 24.3. The Kier molecular flexibility index (Phi) is 11.9. The van der Waals surface area contributed by atoms with Crippen LogP contribution in [0.3, 0.4) is 0 Å². The van der Waals surface area contributed by atoms with Crippen LogP contribution in [0.15, 0.2) is 18.5 Å². The molecule has 0 saturated carbocycles. The van der Waals surface area contributed by atoms with Crippen LogP contribution in [-0.2, 0) is 23.6 Å². The average Bonchev–Trinajstić information content (AvgIpc) is 3.58. The van der Waals surface area contributed by atoms with E-state index in [-0.39, 0.29) is 0 Å². The Labute approximate surface area is 263 Å². The molecule has 2 N–H and O–H groups in total. The quantitative estimate of drug-likeness (QED) is 0.174. The second-order valence-corrected chi connectivity index (χ2v) is 26.6. The van der Waals surface area contributed by atoms with Crippen molar-refractivity contribution >= 4 is 36.3 Å². The van der Waals surface area contributed by atoms with Crippen molar-refractivity contribution in [2.24, 2.45) is 0 Å². The molecule has 1 fully saturated rings. The standard InChI is InChI=1S/C31H57N5O4Si3/c1-11-41(12-2,13-3)37-22-26-28(39-42(14-4,15-5)16-6)30(10,40-43(17-7,18-8)19-9)31(23-32,38-26)27-21-20-25-29(33)34-24-35-36(25)27/h20-21,24,26,28H,11-19,22H2,1-10H3,(H2,33,34,35)/t26-,28-,30-,31?/m1/s1. The Morgan fingerprint density at radius 3 is 1.91 bits per heavy atom. The van der Waals surface area contributed by atoms with Gasteiger partial charge in [-0.2, -0.15) is 10.4 Å². The van der Waals surface area contributed by atoms with Crippen LogP contribution >= 0.6 is 0 Å². The number of hydrogen-bond acceptors (Lipinski definition) is 8. The van der Waals surface area contributed by atoms with Gasteiger partial charge in [0.15, 0.2) is 30.8 Å². The molecule has 3 heterocycles. The molecule has 0 radical (unpaired) electrons. The van der Waals surface area contributed by atoms with Gasteiger partial charge in [-0.3, -0.25) is 0 Å². The van der Waals surface area contributed by atoms with Crippen molar-refractivity contribution in [2.45, 2.75) is 147 Å². The summed E-state index contributed by atoms with van der Waals surface area (Å²) in [6.07, 6.45) is 0.450. The van der Waals surface area contributed by atoms with Crippen molar-refractivity contribution in [3.63, 3.8) is 0 Å². The van der Waals surface area contributed by atoms with Crippen molar-refractivity contribution in [1.29, 1.82) is 5.26 Å². The SMILES string of the molecule is CC[Si](CC)(CC)OC[C@H]1OC(C#N)(c2ccc3c(N)ncnn23)[C@](C)(O[Si](CC)(CC)CC)[C@@H]1O[Si](CC)(CC)CC. The fourth-order valence-corrected chi connectivity index (χ4v) is 15.8. The smallest absolute Gasteiger partial charge is 0.227 e. The second kappa shape index (κ2) is 14.2. The maximum Gasteiger partial charge on any atom is 0.227 e. The van der Waals surface area contributed by atoms with E-state index in [0.717, 1.165) is 54.4 Å². The molecule has 1 aliphatic rings. The van der Waals surface area contributed by atoms with Crippen LogP contribution in [0.1, 0.15) is 74.9 Å². The highest BCUT2D eigenvalue weighted by atomic mass is 28.4. The minimum Gasteiger partial charge on any atom is -0.414 e. The summed E-state index contributed by atoms with van der Waals surface area (Å²) in [6.45, 7) is 22.5. The van der Waals surface area contributed by atoms with E-state index in [1.807, 2.05) is 12.1 Å². The molecular formula is C31H57N5O4Si3. The first kappa shape index (κ1) is 35.9. The number of nitriles is 1. The van der Waals surface area contributed by atoms with Gasteiger partial charge in [-0.25, -0.2) is 9.50 Å². The summed E-state index contributed by atoms with van der Waals surface area (Å²) in [5.41, 5.74) is 4.85. The number of rotatable bonds is 17. The summed E-state index contributed by atoms with van der Waals surface area (Å²) in [7, 11) is -6.46. The van der Waals surface area contributed by atoms with Crippen LogP contribution < -0.4 is 5.73 Å². The highest BCUT2D eigenvalue weighted by molar-refractivity contribution is 6.74. The van der Waals surface area contributed by atoms with Crippen LogP contribution in [0.5, 0.6) is 0 Å². The van der Waals surface area contributed by atoms with Crippen LogP contribution in [0.2, 0.25) is 54.4 Å². The number of hydrogen-bond donors (Lipinski definition) is 1. The fourth-order valence-electron chi connectivity index (χ4n) is 7.13. The Morgan fingerprint density at radius 2 is 1.42 bits per heavy atom. The molecular weight excluding hydrogens is 591 g/mol. The van der Waals surface area contributed by atoms with E-state index in [4.69, 9.17) is 23.7 Å². The van der Waals surface area contributed by atoms with Gasteiger partial charge < -0.3 is 23.7 Å². The highest BCUT2D eigenvalue weighted by Crippen LogP contribution is 2.54. The predicted octanol–water partition coefficient (Wildman–Crippen LogP) is 7.62. The van der Waals surface area contributed by atoms with E-state index in [2.05, 4.69) is 85.4 Å². The predicted molar refractivity (Wildman–Crippen MR) is 181 cm³/mol. The van der Waals surface area contributed by atoms with Crippen molar-refractivity contribution in [3.8, 4) is 6.07 Å². The van der Waals surface area contributed by atoms with E-state index in [9.17, 15) is 5.26 Å². The third-order valence-electron chi connectivity index (χ3n) is 11.1. The molecule has 3 rings (SSSR count). The van der Waals surface area contributed by atoms with E-state index >= 15 is 0 Å². The van der Waals surface area contributed by atoms with Crippen molar-refractivity contribution < 1.29 is 18.0 Å². The summed E-state index contributed by atoms with van der Waals surface area (Å²) < 4.78 is 30.7. The molecule has 0 aliphatic carbocycles. The number of nitrogens with two attached hydrogens (primary N) is 1. The Hall–Kier alpha value is -1.60. The largest absolute Gasteiger partial charge is 0.414 e. The lowest BCUT2D eigenvalue weighted by atomic mass is 9.80. The lowest BCUT2D eigenvalue weighted by Crippen LogP contribution is -2.62. The first-order chi connectivity index (χ1) is 20.5. The monoisotopic (exact) mass is 647 g/mol. The van der Waals surface area contributed by atoms with Crippen LogP contribution in [0.4, 0.5) is 5.82 Å². The van der Waals surface area contributed by atoms with E-state index in [0.29, 0.717) is 23.6 Å². The Morgan fingerprint density at radius 1 is 0.884 bits per heavy atom. The number of nitrogen functional groups attached to an aromatic ring is 1. The summed E-state index contributed by atoms with van der Waals surface area (Å²) >= 11 is 0. The molecule has 9 nitrogen and oxygen atoms in total. The number of aromatic nitrogens is 3. The van der Waals surface area contributed by atoms with Gasteiger partial charge in [-0.1, -0.05) is 62.3 Å². The van der Waals surface area contributed by atoms with E-state index < -0.39 is 48.4 Å². The zero-order valence-electron chi connectivity index (χ0n) is 28.5. The summed E-state index contributed by atoms with van der Waals surface area (Å²) in [5.74, 6) is 0.348. The average molecular weight is 648 g/mol. The topological polar surface area (TPSA) is 117 Å². The van der Waals surface area contributed by atoms with Crippen molar-refractivity contribution in [1.82, 2.24) is 14.6 Å². The van der Waals surface area contributed by atoms with Gasteiger partial charge in [-0.05, 0) is 73.5 Å². The lowest BCUT2D eigenvalue weighted by molar-refractivity contribution is -0.0986. The van der Waals surface area contributed by atoms with Gasteiger partial charge in [0, 0.05) is 0 Å². The molecule has 1 aliphatic heterocycles. The molecule has 0 amide bonds. The Bertz CT molecular complexity index is 1220. The second-order valence-electron chi connectivity index (χ2n) is 12.4. The maximum absolute atomic E-state index is 11.3. The molecule has 4 atom stereocenters. The minimum absolute atomic E-state index is 0.348. The molecule has 1 saturated heterocycles. The summed E-state index contributed by atoms with van der Waals surface area (Å²) in [5, 5.41) is 15.9. The van der Waals surface area contributed by atoms with E-state index in [1.165, 1.54) is 6.33 Å².